The number of amides is 2. The molecule has 2 aliphatic carbocycles. The van der Waals surface area contributed by atoms with Crippen molar-refractivity contribution in [2.45, 2.75) is 50.9 Å². The van der Waals surface area contributed by atoms with Gasteiger partial charge in [-0.15, -0.1) is 5.06 Å². The average Bonchev–Trinajstić information content (AvgIpc) is 3.93. The molecule has 0 aliphatic heterocycles. The molecule has 0 saturated heterocycles. The number of fused-ring (bicyclic) bond motifs is 1. The number of benzene rings is 2. The zero-order valence-corrected chi connectivity index (χ0v) is 26.8. The summed E-state index contributed by atoms with van der Waals surface area (Å²) < 4.78 is 57.5. The number of hydrogen-bond acceptors (Lipinski definition) is 7. The number of hydroxylamine groups is 2. The molecule has 2 heterocycles. The summed E-state index contributed by atoms with van der Waals surface area (Å²) in [6.07, 6.45) is -3.60. The molecule has 0 unspecified atom stereocenters. The molecule has 47 heavy (non-hydrogen) atoms. The fourth-order valence-corrected chi connectivity index (χ4v) is 5.66. The summed E-state index contributed by atoms with van der Waals surface area (Å²) in [5.74, 6) is -3.25. The highest BCUT2D eigenvalue weighted by Gasteiger charge is 2.46. The zero-order chi connectivity index (χ0) is 33.9. The van der Waals surface area contributed by atoms with E-state index in [1.807, 2.05) is 22.6 Å². The predicted molar refractivity (Wildman–Crippen MR) is 170 cm³/mol. The lowest BCUT2D eigenvalue weighted by molar-refractivity contribution is -0.228. The quantitative estimate of drug-likeness (QED) is 0.160. The minimum atomic E-state index is -5.33. The lowest BCUT2D eigenvalue weighted by Gasteiger charge is -2.22. The Balaban J connectivity index is 1.50. The maximum absolute atomic E-state index is 14.9. The van der Waals surface area contributed by atoms with E-state index in [9.17, 15) is 41.5 Å². The lowest BCUT2D eigenvalue weighted by Crippen LogP contribution is -2.42. The first-order valence-corrected chi connectivity index (χ1v) is 15.4. The number of halogens is 5. The number of rotatable bonds is 6. The van der Waals surface area contributed by atoms with Crippen molar-refractivity contribution in [2.24, 2.45) is 7.05 Å². The summed E-state index contributed by atoms with van der Waals surface area (Å²) >= 11 is 1.94. The summed E-state index contributed by atoms with van der Waals surface area (Å²) in [5.41, 5.74) is -1.99. The third-order valence-corrected chi connectivity index (χ3v) is 8.46. The van der Waals surface area contributed by atoms with Crippen LogP contribution in [0.15, 0.2) is 56.8 Å². The van der Waals surface area contributed by atoms with Crippen LogP contribution in [0, 0.1) is 16.3 Å². The van der Waals surface area contributed by atoms with E-state index in [1.54, 1.807) is 6.07 Å². The van der Waals surface area contributed by atoms with Crippen LogP contribution in [0.5, 0.6) is 0 Å². The van der Waals surface area contributed by atoms with Crippen LogP contribution in [0.4, 0.5) is 39.5 Å². The highest BCUT2D eigenvalue weighted by molar-refractivity contribution is 14.1. The van der Waals surface area contributed by atoms with Crippen LogP contribution in [-0.2, 0) is 16.7 Å². The molecule has 246 valence electrons. The molecule has 2 amide bonds. The molecule has 2 aromatic heterocycles. The normalized spacial score (nSPS) is 14.6. The van der Waals surface area contributed by atoms with Crippen LogP contribution in [0.25, 0.3) is 16.6 Å². The molecule has 0 bridgehead atoms. The topological polar surface area (TPSA) is 137 Å². The van der Waals surface area contributed by atoms with Gasteiger partial charge in [-0.25, -0.2) is 18.8 Å². The summed E-state index contributed by atoms with van der Waals surface area (Å²) in [4.78, 5) is 70.3. The molecule has 0 atom stereocenters. The van der Waals surface area contributed by atoms with Gasteiger partial charge in [-0.3, -0.25) is 23.3 Å². The Bertz CT molecular complexity index is 2150. The number of urea groups is 1. The van der Waals surface area contributed by atoms with Crippen LogP contribution in [0.3, 0.4) is 0 Å². The SMILES string of the molecule is Cc1c(=O)n(C)c(Nc2ccc(I)cc2F)c2c(=O)n(C3CC3)c(=O)n(-c3cccc(NC(=O)N(OC(=O)C(F)(F)F)C4CC4)c3)c12. The van der Waals surface area contributed by atoms with E-state index in [-0.39, 0.29) is 39.3 Å². The van der Waals surface area contributed by atoms with E-state index in [0.29, 0.717) is 34.3 Å². The Labute approximate surface area is 275 Å². The van der Waals surface area contributed by atoms with Crippen molar-refractivity contribution in [2.75, 3.05) is 10.6 Å². The maximum Gasteiger partial charge on any atom is 0.493 e. The molecule has 2 fully saturated rings. The minimum Gasteiger partial charge on any atom is -0.338 e. The van der Waals surface area contributed by atoms with Crippen LogP contribution >= 0.6 is 22.6 Å². The molecule has 2 saturated carbocycles. The van der Waals surface area contributed by atoms with Gasteiger partial charge in [-0.1, -0.05) is 6.07 Å². The lowest BCUT2D eigenvalue weighted by atomic mass is 10.1. The zero-order valence-electron chi connectivity index (χ0n) is 24.7. The van der Waals surface area contributed by atoms with Gasteiger partial charge in [0.25, 0.3) is 11.1 Å². The first-order valence-electron chi connectivity index (χ1n) is 14.3. The molecule has 17 heteroatoms. The van der Waals surface area contributed by atoms with Crippen molar-refractivity contribution in [1.29, 1.82) is 0 Å². The fraction of sp³-hybridized carbons (Fsp3) is 0.300. The minimum absolute atomic E-state index is 0.00576. The number of anilines is 3. The van der Waals surface area contributed by atoms with Crippen LogP contribution in [0.2, 0.25) is 0 Å². The smallest absolute Gasteiger partial charge is 0.338 e. The number of nitrogens with zero attached hydrogens (tertiary/aromatic N) is 4. The van der Waals surface area contributed by atoms with Gasteiger partial charge in [0, 0.05) is 27.9 Å². The Morgan fingerprint density at radius 1 is 1.02 bits per heavy atom. The molecule has 6 rings (SSSR count). The largest absolute Gasteiger partial charge is 0.493 e. The molecule has 2 aromatic carbocycles. The molecule has 0 radical (unpaired) electrons. The Kier molecular flexibility index (Phi) is 8.13. The second-order valence-corrected chi connectivity index (χ2v) is 12.5. The molecule has 2 N–H and O–H groups in total. The number of alkyl halides is 3. The summed E-state index contributed by atoms with van der Waals surface area (Å²) in [5, 5.41) is 5.51. The van der Waals surface area contributed by atoms with Gasteiger partial charge < -0.3 is 15.5 Å². The molecule has 4 aromatic rings. The molecular weight excluding hydrogens is 743 g/mol. The number of hydrogen-bond donors (Lipinski definition) is 2. The number of aryl methyl sites for hydroxylation is 1. The average molecular weight is 768 g/mol. The van der Waals surface area contributed by atoms with Crippen molar-refractivity contribution in [3.05, 3.63) is 88.6 Å². The number of carbonyl (C=O) groups excluding carboxylic acids is 2. The standard InChI is InChI=1S/C30H25F4IN6O6/c1-14-23-22(24(38(2)25(14)42)37-21-11-6-15(35)12-20(21)31)26(43)40(17-7-8-17)29(46)39(23)19-5-3-4-16(13-19)36-28(45)41(18-9-10-18)47-27(44)30(32,33)34/h3-6,11-13,17-18,37H,7-10H2,1-2H3,(H,36,45). The van der Waals surface area contributed by atoms with E-state index >= 15 is 0 Å². The van der Waals surface area contributed by atoms with Crippen LogP contribution in [0.1, 0.15) is 37.3 Å². The van der Waals surface area contributed by atoms with E-state index in [4.69, 9.17) is 0 Å². The molecule has 0 spiro atoms. The summed E-state index contributed by atoms with van der Waals surface area (Å²) in [7, 11) is 1.41. The van der Waals surface area contributed by atoms with E-state index in [1.165, 1.54) is 50.4 Å². The van der Waals surface area contributed by atoms with Crippen molar-refractivity contribution < 1.29 is 32.0 Å². The summed E-state index contributed by atoms with van der Waals surface area (Å²) in [6.45, 7) is 1.44. The second-order valence-electron chi connectivity index (χ2n) is 11.2. The molecule has 2 aliphatic rings. The Morgan fingerprint density at radius 2 is 1.72 bits per heavy atom. The highest BCUT2D eigenvalue weighted by Crippen LogP contribution is 2.35. The van der Waals surface area contributed by atoms with Crippen molar-refractivity contribution in [3.8, 4) is 5.69 Å². The Hall–Kier alpha value is -4.68. The van der Waals surface area contributed by atoms with E-state index in [2.05, 4.69) is 15.5 Å². The van der Waals surface area contributed by atoms with E-state index in [0.717, 1.165) is 13.7 Å². The maximum atomic E-state index is 14.9. The first kappa shape index (κ1) is 32.3. The molecule has 12 nitrogen and oxygen atoms in total. The third kappa shape index (κ3) is 6.10. The second kappa shape index (κ2) is 11.8. The number of carbonyl (C=O) groups is 2. The van der Waals surface area contributed by atoms with Gasteiger partial charge in [0.1, 0.15) is 17.0 Å². The first-order chi connectivity index (χ1) is 22.2. The van der Waals surface area contributed by atoms with Gasteiger partial charge in [0.2, 0.25) is 0 Å². The Morgan fingerprint density at radius 3 is 2.34 bits per heavy atom. The van der Waals surface area contributed by atoms with Crippen molar-refractivity contribution in [3.63, 3.8) is 0 Å². The highest BCUT2D eigenvalue weighted by atomic mass is 127. The third-order valence-electron chi connectivity index (χ3n) is 7.79. The van der Waals surface area contributed by atoms with E-state index < -0.39 is 52.9 Å². The van der Waals surface area contributed by atoms with Gasteiger partial charge in [0.15, 0.2) is 0 Å². The van der Waals surface area contributed by atoms with Gasteiger partial charge in [-0.2, -0.15) is 13.2 Å². The molecular formula is C30H25F4IN6O6. The van der Waals surface area contributed by atoms with Gasteiger partial charge in [-0.05, 0) is 91.6 Å². The summed E-state index contributed by atoms with van der Waals surface area (Å²) in [6, 6.07) is 7.64. The van der Waals surface area contributed by atoms with Gasteiger partial charge >= 0.3 is 23.9 Å². The van der Waals surface area contributed by atoms with Crippen molar-refractivity contribution >= 4 is 62.7 Å². The van der Waals surface area contributed by atoms with Gasteiger partial charge in [0.05, 0.1) is 22.9 Å². The number of aromatic nitrogens is 3. The number of nitrogens with one attached hydrogen (secondary N) is 2. The van der Waals surface area contributed by atoms with Crippen LogP contribution in [-0.4, -0.2) is 43.0 Å². The van der Waals surface area contributed by atoms with Crippen LogP contribution < -0.4 is 27.4 Å². The van der Waals surface area contributed by atoms with Crippen molar-refractivity contribution in [1.82, 2.24) is 18.8 Å². The predicted octanol–water partition coefficient (Wildman–Crippen LogP) is 5.00. The number of pyridine rings is 1. The fourth-order valence-electron chi connectivity index (χ4n) is 5.21. The monoisotopic (exact) mass is 768 g/mol.